The Bertz CT molecular complexity index is 440. The van der Waals surface area contributed by atoms with E-state index in [-0.39, 0.29) is 0 Å². The third-order valence-electron chi connectivity index (χ3n) is 2.12. The van der Waals surface area contributed by atoms with Crippen molar-refractivity contribution in [2.75, 3.05) is 5.73 Å². The third-order valence-corrected chi connectivity index (χ3v) is 2.12. The molecular weight excluding hydrogens is 164 g/mol. The van der Waals surface area contributed by atoms with Gasteiger partial charge in [-0.25, -0.2) is 0 Å². The molecule has 0 heterocycles. The minimum absolute atomic E-state index is 0.685. The molecule has 0 fully saturated rings. The van der Waals surface area contributed by atoms with Crippen LogP contribution in [0, 0.1) is 5.21 Å². The summed E-state index contributed by atoms with van der Waals surface area (Å²) in [6, 6.07) is 11.1. The highest BCUT2D eigenvalue weighted by Crippen LogP contribution is 2.24. The van der Waals surface area contributed by atoms with Crippen molar-refractivity contribution in [2.45, 2.75) is 0 Å². The van der Waals surface area contributed by atoms with Gasteiger partial charge in [-0.1, -0.05) is 18.2 Å². The smallest absolute Gasteiger partial charge is 0.137 e. The Labute approximate surface area is 75.8 Å². The number of hydrogen-bond acceptors (Lipinski definition) is 2. The van der Waals surface area contributed by atoms with Crippen LogP contribution >= 0.6 is 0 Å². The summed E-state index contributed by atoms with van der Waals surface area (Å²) in [4.78, 5) is 0. The molecule has 0 unspecified atom stereocenters. The molecule has 4 N–H and O–H groups in total. The Morgan fingerprint density at radius 2 is 1.69 bits per heavy atom. The molecule has 66 valence electrons. The maximum Gasteiger partial charge on any atom is 0.137 e. The van der Waals surface area contributed by atoms with Gasteiger partial charge in [0.2, 0.25) is 0 Å². The van der Waals surface area contributed by atoms with Crippen molar-refractivity contribution in [2.24, 2.45) is 0 Å². The van der Waals surface area contributed by atoms with Crippen LogP contribution in [0.3, 0.4) is 0 Å². The zero-order chi connectivity index (χ0) is 9.26. The normalized spacial score (nSPS) is 10.5. The number of anilines is 1. The summed E-state index contributed by atoms with van der Waals surface area (Å²) in [7, 11) is 0. The lowest BCUT2D eigenvalue weighted by Gasteiger charge is -2.06. The highest BCUT2D eigenvalue weighted by atomic mass is 16.5. The molecule has 0 aliphatic rings. The number of nitrogens with two attached hydrogens (primary N) is 2. The van der Waals surface area contributed by atoms with E-state index in [1.165, 1.54) is 0 Å². The lowest BCUT2D eigenvalue weighted by Crippen LogP contribution is -2.70. The predicted octanol–water partition coefficient (Wildman–Crippen LogP) is 1.11. The highest BCUT2D eigenvalue weighted by molar-refractivity contribution is 5.98. The van der Waals surface area contributed by atoms with Crippen molar-refractivity contribution in [3.63, 3.8) is 0 Å². The Morgan fingerprint density at radius 1 is 1.00 bits per heavy atom. The average molecular weight is 174 g/mol. The molecule has 0 radical (unpaired) electrons. The van der Waals surface area contributed by atoms with Gasteiger partial charge >= 0.3 is 0 Å². The van der Waals surface area contributed by atoms with Crippen LogP contribution in [0.15, 0.2) is 36.4 Å². The van der Waals surface area contributed by atoms with Crippen LogP contribution < -0.4 is 11.2 Å². The monoisotopic (exact) mass is 174 g/mol. The molecule has 3 nitrogen and oxygen atoms in total. The molecule has 0 amide bonds. The van der Waals surface area contributed by atoms with Crippen molar-refractivity contribution in [1.82, 2.24) is 0 Å². The molecule has 0 saturated heterocycles. The maximum absolute atomic E-state index is 10.7. The van der Waals surface area contributed by atoms with E-state index < -0.39 is 0 Å². The van der Waals surface area contributed by atoms with Crippen molar-refractivity contribution in [3.8, 4) is 0 Å². The second-order valence-electron chi connectivity index (χ2n) is 2.91. The predicted molar refractivity (Wildman–Crippen MR) is 53.3 cm³/mol. The van der Waals surface area contributed by atoms with Gasteiger partial charge in [0.1, 0.15) is 5.69 Å². The summed E-state index contributed by atoms with van der Waals surface area (Å²) in [6.45, 7) is 0. The van der Waals surface area contributed by atoms with Crippen molar-refractivity contribution >= 4 is 22.1 Å². The Balaban J connectivity index is 2.84. The first kappa shape index (κ1) is 8.04. The third kappa shape index (κ3) is 1.24. The summed E-state index contributed by atoms with van der Waals surface area (Å²) in [5.41, 5.74) is 8.01. The minimum atomic E-state index is 0.685. The van der Waals surface area contributed by atoms with Gasteiger partial charge in [0, 0.05) is 16.5 Å². The van der Waals surface area contributed by atoms with Crippen LogP contribution in [0.25, 0.3) is 10.8 Å². The number of benzene rings is 2. The number of nitrogen functional groups attached to an aromatic ring is 1. The summed E-state index contributed by atoms with van der Waals surface area (Å²) in [5, 5.41) is 12.5. The Kier molecular flexibility index (Phi) is 1.88. The van der Waals surface area contributed by atoms with Gasteiger partial charge in [0.25, 0.3) is 0 Å². The van der Waals surface area contributed by atoms with Crippen LogP contribution in [0.4, 0.5) is 11.4 Å². The van der Waals surface area contributed by atoms with Crippen LogP contribution in [-0.4, -0.2) is 0 Å². The Morgan fingerprint density at radius 3 is 2.46 bits per heavy atom. The van der Waals surface area contributed by atoms with E-state index in [0.717, 1.165) is 16.3 Å². The number of hydrogen-bond donors (Lipinski definition) is 2. The molecule has 0 atom stereocenters. The molecule has 13 heavy (non-hydrogen) atoms. The van der Waals surface area contributed by atoms with Gasteiger partial charge in [0.15, 0.2) is 0 Å². The lowest BCUT2D eigenvalue weighted by atomic mass is 10.1. The molecule has 2 aromatic rings. The minimum Gasteiger partial charge on any atom is -0.630 e. The molecule has 3 heteroatoms. The van der Waals surface area contributed by atoms with Gasteiger partial charge in [0.05, 0.1) is 0 Å². The summed E-state index contributed by atoms with van der Waals surface area (Å²) < 4.78 is 0. The molecule has 2 rings (SSSR count). The largest absolute Gasteiger partial charge is 0.630 e. The molecule has 0 bridgehead atoms. The topological polar surface area (TPSA) is 65.7 Å². The molecule has 0 saturated carbocycles. The van der Waals surface area contributed by atoms with Crippen LogP contribution in [0.5, 0.6) is 0 Å². The standard InChI is InChI=1S/C10H10N2O/c11-9-5-1-4-8-7(9)3-2-6-10(8)12-13/h1-6H,11-12H2. The van der Waals surface area contributed by atoms with E-state index in [4.69, 9.17) is 5.73 Å². The first-order valence-electron chi connectivity index (χ1n) is 4.05. The van der Waals surface area contributed by atoms with Gasteiger partial charge in [-0.15, -0.1) is 0 Å². The van der Waals surface area contributed by atoms with E-state index >= 15 is 0 Å². The fourth-order valence-corrected chi connectivity index (χ4v) is 1.46. The fraction of sp³-hybridized carbons (Fsp3) is 0. The summed E-state index contributed by atoms with van der Waals surface area (Å²) in [5.74, 6) is 0. The zero-order valence-corrected chi connectivity index (χ0v) is 7.03. The van der Waals surface area contributed by atoms with Crippen molar-refractivity contribution < 1.29 is 5.48 Å². The van der Waals surface area contributed by atoms with Crippen LogP contribution in [0.2, 0.25) is 0 Å². The summed E-state index contributed by atoms with van der Waals surface area (Å²) in [6.07, 6.45) is 0. The van der Waals surface area contributed by atoms with E-state index in [1.54, 1.807) is 6.07 Å². The summed E-state index contributed by atoms with van der Waals surface area (Å²) >= 11 is 0. The molecular formula is C10H10N2O. The fourth-order valence-electron chi connectivity index (χ4n) is 1.46. The number of rotatable bonds is 1. The first-order valence-corrected chi connectivity index (χ1v) is 4.05. The van der Waals surface area contributed by atoms with E-state index in [1.807, 2.05) is 30.3 Å². The lowest BCUT2D eigenvalue weighted by molar-refractivity contribution is -0.495. The van der Waals surface area contributed by atoms with Gasteiger partial charge in [-0.3, -0.25) is 0 Å². The van der Waals surface area contributed by atoms with Crippen molar-refractivity contribution in [1.29, 1.82) is 0 Å². The van der Waals surface area contributed by atoms with E-state index in [2.05, 4.69) is 0 Å². The molecule has 0 spiro atoms. The van der Waals surface area contributed by atoms with E-state index in [0.29, 0.717) is 11.4 Å². The van der Waals surface area contributed by atoms with Crippen LogP contribution in [-0.2, 0) is 0 Å². The molecule has 2 aromatic carbocycles. The second kappa shape index (κ2) is 3.05. The molecule has 0 aromatic heterocycles. The quantitative estimate of drug-likeness (QED) is 0.502. The molecule has 0 aliphatic carbocycles. The first-order chi connectivity index (χ1) is 6.33. The van der Waals surface area contributed by atoms with Gasteiger partial charge in [-0.2, -0.15) is 0 Å². The average Bonchev–Trinajstić information content (AvgIpc) is 2.18. The number of fused-ring (bicyclic) bond motifs is 1. The van der Waals surface area contributed by atoms with Crippen molar-refractivity contribution in [3.05, 3.63) is 41.6 Å². The van der Waals surface area contributed by atoms with Gasteiger partial charge in [-0.05, 0) is 18.2 Å². The highest BCUT2D eigenvalue weighted by Gasteiger charge is 2.02. The zero-order valence-electron chi connectivity index (χ0n) is 7.03. The SMILES string of the molecule is Nc1cccc2c([NH2+][O-])cccc12. The van der Waals surface area contributed by atoms with E-state index in [9.17, 15) is 5.21 Å². The molecule has 0 aliphatic heterocycles. The number of quaternary nitrogens is 1. The van der Waals surface area contributed by atoms with Crippen LogP contribution in [0.1, 0.15) is 0 Å². The Hall–Kier alpha value is -1.58. The maximum atomic E-state index is 10.7. The van der Waals surface area contributed by atoms with Gasteiger partial charge < -0.3 is 16.4 Å². The second-order valence-corrected chi connectivity index (χ2v) is 2.91.